The fourth-order valence-electron chi connectivity index (χ4n) is 2.80. The zero-order chi connectivity index (χ0) is 17.0. The molecule has 0 unspecified atom stereocenters. The van der Waals surface area contributed by atoms with Gasteiger partial charge in [-0.15, -0.1) is 0 Å². The Balaban J connectivity index is 1.53. The largest absolute Gasteiger partial charge is 0.300 e. The van der Waals surface area contributed by atoms with Crippen molar-refractivity contribution in [1.82, 2.24) is 0 Å². The van der Waals surface area contributed by atoms with Crippen LogP contribution in [0.25, 0.3) is 0 Å². The summed E-state index contributed by atoms with van der Waals surface area (Å²) in [6, 6.07) is 20.4. The van der Waals surface area contributed by atoms with Gasteiger partial charge in [-0.2, -0.15) is 0 Å². The minimum atomic E-state index is 0.211. The molecule has 0 bridgehead atoms. The summed E-state index contributed by atoms with van der Waals surface area (Å²) in [7, 11) is 0. The lowest BCUT2D eigenvalue weighted by Crippen LogP contribution is -2.05. The van der Waals surface area contributed by atoms with Crippen LogP contribution in [0.15, 0.2) is 60.7 Å². The lowest BCUT2D eigenvalue weighted by molar-refractivity contribution is -0.124. The van der Waals surface area contributed by atoms with E-state index in [1.165, 1.54) is 11.1 Å². The van der Waals surface area contributed by atoms with Crippen molar-refractivity contribution in [1.29, 1.82) is 0 Å². The number of rotatable bonds is 11. The quantitative estimate of drug-likeness (QED) is 0.586. The molecule has 2 aromatic rings. The zero-order valence-electron chi connectivity index (χ0n) is 14.2. The Labute approximate surface area is 144 Å². The minimum absolute atomic E-state index is 0.211. The normalized spacial score (nSPS) is 10.5. The fraction of sp³-hybridized carbons (Fsp3) is 0.364. The molecule has 2 heteroatoms. The van der Waals surface area contributed by atoms with Gasteiger partial charge < -0.3 is 0 Å². The number of hydrogen-bond acceptors (Lipinski definition) is 2. The van der Waals surface area contributed by atoms with Crippen LogP contribution in [0.2, 0.25) is 0 Å². The van der Waals surface area contributed by atoms with Gasteiger partial charge in [-0.1, -0.05) is 60.7 Å². The summed E-state index contributed by atoms with van der Waals surface area (Å²) < 4.78 is 0. The fourth-order valence-corrected chi connectivity index (χ4v) is 2.80. The standard InChI is InChI=1S/C22H26O2/c23-21(15-7-13-19-9-3-1-4-10-19)17-18-22(24)16-8-14-20-11-5-2-6-12-20/h1-6,9-12H,7-8,13-18H2. The van der Waals surface area contributed by atoms with E-state index >= 15 is 0 Å². The van der Waals surface area contributed by atoms with Crippen molar-refractivity contribution in [2.75, 3.05) is 0 Å². The molecule has 0 saturated carbocycles. The second kappa shape index (κ2) is 10.5. The van der Waals surface area contributed by atoms with Gasteiger partial charge in [-0.25, -0.2) is 0 Å². The van der Waals surface area contributed by atoms with E-state index in [9.17, 15) is 9.59 Å². The Kier molecular flexibility index (Phi) is 7.96. The topological polar surface area (TPSA) is 34.1 Å². The number of carbonyl (C=O) groups excluding carboxylic acids is 2. The number of aryl methyl sites for hydroxylation is 2. The highest BCUT2D eigenvalue weighted by atomic mass is 16.1. The molecule has 0 heterocycles. The third-order valence-corrected chi connectivity index (χ3v) is 4.21. The van der Waals surface area contributed by atoms with Gasteiger partial charge in [0.25, 0.3) is 0 Å². The molecule has 126 valence electrons. The minimum Gasteiger partial charge on any atom is -0.300 e. The molecular weight excluding hydrogens is 296 g/mol. The van der Waals surface area contributed by atoms with Crippen molar-refractivity contribution in [3.8, 4) is 0 Å². The highest BCUT2D eigenvalue weighted by molar-refractivity contribution is 5.85. The van der Waals surface area contributed by atoms with E-state index in [1.54, 1.807) is 0 Å². The van der Waals surface area contributed by atoms with E-state index in [-0.39, 0.29) is 11.6 Å². The van der Waals surface area contributed by atoms with Crippen molar-refractivity contribution in [2.24, 2.45) is 0 Å². The van der Waals surface area contributed by atoms with Crippen LogP contribution in [0.5, 0.6) is 0 Å². The summed E-state index contributed by atoms with van der Waals surface area (Å²) >= 11 is 0. The second-order valence-electron chi connectivity index (χ2n) is 6.26. The third-order valence-electron chi connectivity index (χ3n) is 4.21. The SMILES string of the molecule is O=C(CCCc1ccccc1)CCC(=O)CCCc1ccccc1. The molecule has 0 fully saturated rings. The van der Waals surface area contributed by atoms with Crippen LogP contribution in [0.3, 0.4) is 0 Å². The second-order valence-corrected chi connectivity index (χ2v) is 6.26. The molecule has 2 nitrogen and oxygen atoms in total. The molecule has 0 radical (unpaired) electrons. The Hall–Kier alpha value is -2.22. The average molecular weight is 322 g/mol. The van der Waals surface area contributed by atoms with Crippen LogP contribution in [-0.4, -0.2) is 11.6 Å². The van der Waals surface area contributed by atoms with Crippen molar-refractivity contribution in [2.45, 2.75) is 51.4 Å². The highest BCUT2D eigenvalue weighted by Crippen LogP contribution is 2.09. The molecule has 0 amide bonds. The Morgan fingerprint density at radius 1 is 0.542 bits per heavy atom. The first kappa shape index (κ1) is 18.1. The predicted molar refractivity (Wildman–Crippen MR) is 98.0 cm³/mol. The smallest absolute Gasteiger partial charge is 0.133 e. The first-order valence-corrected chi connectivity index (χ1v) is 8.85. The van der Waals surface area contributed by atoms with Crippen LogP contribution in [0.4, 0.5) is 0 Å². The molecule has 2 aromatic carbocycles. The van der Waals surface area contributed by atoms with E-state index in [4.69, 9.17) is 0 Å². The van der Waals surface area contributed by atoms with E-state index < -0.39 is 0 Å². The first-order chi connectivity index (χ1) is 11.7. The number of hydrogen-bond donors (Lipinski definition) is 0. The summed E-state index contributed by atoms with van der Waals surface area (Å²) in [5, 5.41) is 0. The first-order valence-electron chi connectivity index (χ1n) is 8.85. The lowest BCUT2D eigenvalue weighted by atomic mass is 10.0. The monoisotopic (exact) mass is 322 g/mol. The number of ketones is 2. The summed E-state index contributed by atoms with van der Waals surface area (Å²) in [6.07, 6.45) is 5.54. The molecular formula is C22H26O2. The molecule has 0 N–H and O–H groups in total. The van der Waals surface area contributed by atoms with Gasteiger partial charge in [0.05, 0.1) is 0 Å². The van der Waals surface area contributed by atoms with Crippen molar-refractivity contribution < 1.29 is 9.59 Å². The lowest BCUT2D eigenvalue weighted by Gasteiger charge is -2.03. The Bertz CT molecular complexity index is 559. The van der Waals surface area contributed by atoms with Crippen LogP contribution < -0.4 is 0 Å². The molecule has 0 spiro atoms. The number of benzene rings is 2. The van der Waals surface area contributed by atoms with Gasteiger partial charge in [-0.3, -0.25) is 9.59 Å². The van der Waals surface area contributed by atoms with Crippen molar-refractivity contribution >= 4 is 11.6 Å². The molecule has 0 aliphatic heterocycles. The van der Waals surface area contributed by atoms with Crippen LogP contribution in [0.1, 0.15) is 49.7 Å². The third kappa shape index (κ3) is 7.36. The molecule has 0 aromatic heterocycles. The van der Waals surface area contributed by atoms with Gasteiger partial charge >= 0.3 is 0 Å². The van der Waals surface area contributed by atoms with Crippen molar-refractivity contribution in [3.05, 3.63) is 71.8 Å². The zero-order valence-corrected chi connectivity index (χ0v) is 14.2. The Morgan fingerprint density at radius 3 is 1.29 bits per heavy atom. The molecule has 0 aliphatic carbocycles. The maximum Gasteiger partial charge on any atom is 0.133 e. The van der Waals surface area contributed by atoms with Crippen LogP contribution >= 0.6 is 0 Å². The van der Waals surface area contributed by atoms with Gasteiger partial charge in [0, 0.05) is 25.7 Å². The summed E-state index contributed by atoms with van der Waals surface area (Å²) in [6.45, 7) is 0. The summed E-state index contributed by atoms with van der Waals surface area (Å²) in [4.78, 5) is 23.8. The van der Waals surface area contributed by atoms with Crippen LogP contribution in [-0.2, 0) is 22.4 Å². The van der Waals surface area contributed by atoms with Gasteiger partial charge in [-0.05, 0) is 36.8 Å². The van der Waals surface area contributed by atoms with Gasteiger partial charge in [0.15, 0.2) is 0 Å². The van der Waals surface area contributed by atoms with Gasteiger partial charge in [0.1, 0.15) is 11.6 Å². The predicted octanol–water partition coefficient (Wildman–Crippen LogP) is 4.95. The average Bonchev–Trinajstić information content (AvgIpc) is 2.62. The van der Waals surface area contributed by atoms with E-state index in [1.807, 2.05) is 36.4 Å². The van der Waals surface area contributed by atoms with E-state index in [0.29, 0.717) is 25.7 Å². The summed E-state index contributed by atoms with van der Waals surface area (Å²) in [5.41, 5.74) is 2.53. The summed E-state index contributed by atoms with van der Waals surface area (Å²) in [5.74, 6) is 0.421. The number of carbonyl (C=O) groups is 2. The molecule has 0 atom stereocenters. The van der Waals surface area contributed by atoms with Crippen LogP contribution in [0, 0.1) is 0 Å². The maximum atomic E-state index is 11.9. The Morgan fingerprint density at radius 2 is 0.917 bits per heavy atom. The van der Waals surface area contributed by atoms with Gasteiger partial charge in [0.2, 0.25) is 0 Å². The van der Waals surface area contributed by atoms with E-state index in [2.05, 4.69) is 24.3 Å². The van der Waals surface area contributed by atoms with E-state index in [0.717, 1.165) is 25.7 Å². The maximum absolute atomic E-state index is 11.9. The molecule has 24 heavy (non-hydrogen) atoms. The highest BCUT2D eigenvalue weighted by Gasteiger charge is 2.07. The number of Topliss-reactive ketones (excluding diaryl/α,β-unsaturated/α-hetero) is 2. The molecule has 0 saturated heterocycles. The van der Waals surface area contributed by atoms with Crippen molar-refractivity contribution in [3.63, 3.8) is 0 Å². The molecule has 2 rings (SSSR count). The molecule has 0 aliphatic rings.